The zero-order chi connectivity index (χ0) is 21.8. The van der Waals surface area contributed by atoms with Gasteiger partial charge in [0.1, 0.15) is 18.3 Å². The Morgan fingerprint density at radius 3 is 2.52 bits per heavy atom. The Balaban J connectivity index is 1.57. The van der Waals surface area contributed by atoms with Crippen LogP contribution in [0.15, 0.2) is 78.0 Å². The van der Waals surface area contributed by atoms with E-state index in [1.165, 1.54) is 23.2 Å². The molecule has 0 bridgehead atoms. The second-order valence-electron chi connectivity index (χ2n) is 7.01. The normalized spacial score (nSPS) is 15.9. The van der Waals surface area contributed by atoms with E-state index in [-0.39, 0.29) is 29.6 Å². The van der Waals surface area contributed by atoms with Gasteiger partial charge in [0.25, 0.3) is 5.91 Å². The van der Waals surface area contributed by atoms with Crippen LogP contribution in [0.25, 0.3) is 0 Å². The molecule has 7 heteroatoms. The zero-order valence-corrected chi connectivity index (χ0v) is 17.1. The van der Waals surface area contributed by atoms with E-state index >= 15 is 0 Å². The summed E-state index contributed by atoms with van der Waals surface area (Å²) in [6, 6.07) is 20.5. The minimum atomic E-state index is -0.797. The highest BCUT2D eigenvalue weighted by Crippen LogP contribution is 2.29. The maximum Gasteiger partial charge on any atom is 0.261 e. The molecule has 0 N–H and O–H groups in total. The van der Waals surface area contributed by atoms with Crippen LogP contribution in [-0.2, 0) is 22.8 Å². The molecule has 1 atom stereocenters. The van der Waals surface area contributed by atoms with Gasteiger partial charge in [-0.25, -0.2) is 4.39 Å². The highest BCUT2D eigenvalue weighted by Gasteiger charge is 2.37. The van der Waals surface area contributed by atoms with Crippen molar-refractivity contribution in [1.82, 2.24) is 4.90 Å². The minimum Gasteiger partial charge on any atom is -0.391 e. The summed E-state index contributed by atoms with van der Waals surface area (Å²) in [5.74, 6) is -2.05. The second kappa shape index (κ2) is 9.10. The van der Waals surface area contributed by atoms with Crippen LogP contribution in [0.3, 0.4) is 0 Å². The lowest BCUT2D eigenvalue weighted by Gasteiger charge is -2.30. The number of rotatable bonds is 6. The lowest BCUT2D eigenvalue weighted by molar-refractivity contribution is -0.129. The van der Waals surface area contributed by atoms with E-state index in [0.29, 0.717) is 11.1 Å². The first-order valence-electron chi connectivity index (χ1n) is 9.63. The molecule has 0 radical (unpaired) electrons. The van der Waals surface area contributed by atoms with E-state index in [1.54, 1.807) is 30.3 Å². The Labute approximate surface area is 183 Å². The maximum atomic E-state index is 13.9. The molecule has 5 nitrogen and oxygen atoms in total. The van der Waals surface area contributed by atoms with Crippen molar-refractivity contribution in [2.24, 2.45) is 5.16 Å². The number of nitrogens with zero attached hydrogens (tertiary/aromatic N) is 2. The van der Waals surface area contributed by atoms with Gasteiger partial charge in [-0.15, -0.1) is 0 Å². The molecule has 0 saturated carbocycles. The fourth-order valence-electron chi connectivity index (χ4n) is 3.45. The van der Waals surface area contributed by atoms with Crippen LogP contribution >= 0.6 is 11.6 Å². The Morgan fingerprint density at radius 1 is 1.00 bits per heavy atom. The van der Waals surface area contributed by atoms with E-state index in [4.69, 9.17) is 16.4 Å². The second-order valence-corrected chi connectivity index (χ2v) is 7.42. The zero-order valence-electron chi connectivity index (χ0n) is 16.4. The standard InChI is InChI=1S/C24H18ClFN2O3/c25-21-11-6-12-22(26)20(21)15-31-27-13-19-17-9-4-5-10-18(17)23(29)28(24(19)30)14-16-7-2-1-3-8-16/h1-13,19H,14-15H2/b27-13-/t19-/m1/s1. The molecule has 0 fully saturated rings. The largest absolute Gasteiger partial charge is 0.391 e. The van der Waals surface area contributed by atoms with Crippen molar-refractivity contribution in [2.45, 2.75) is 19.1 Å². The number of halogens is 2. The summed E-state index contributed by atoms with van der Waals surface area (Å²) < 4.78 is 13.9. The van der Waals surface area contributed by atoms with Gasteiger partial charge < -0.3 is 4.84 Å². The molecular formula is C24H18ClFN2O3. The lowest BCUT2D eigenvalue weighted by atomic mass is 9.89. The van der Waals surface area contributed by atoms with Crippen LogP contribution in [0.4, 0.5) is 4.39 Å². The van der Waals surface area contributed by atoms with Crippen molar-refractivity contribution in [3.8, 4) is 0 Å². The van der Waals surface area contributed by atoms with Crippen LogP contribution in [0.5, 0.6) is 0 Å². The van der Waals surface area contributed by atoms with E-state index in [0.717, 1.165) is 5.56 Å². The van der Waals surface area contributed by atoms with Crippen molar-refractivity contribution in [3.63, 3.8) is 0 Å². The maximum absolute atomic E-state index is 13.9. The van der Waals surface area contributed by atoms with E-state index in [2.05, 4.69) is 5.16 Å². The molecule has 0 unspecified atom stereocenters. The van der Waals surface area contributed by atoms with Crippen LogP contribution in [0.2, 0.25) is 5.02 Å². The molecule has 3 aromatic rings. The summed E-state index contributed by atoms with van der Waals surface area (Å²) in [6.07, 6.45) is 1.33. The van der Waals surface area contributed by atoms with Crippen LogP contribution < -0.4 is 0 Å². The van der Waals surface area contributed by atoms with Crippen molar-refractivity contribution in [2.75, 3.05) is 0 Å². The third-order valence-electron chi connectivity index (χ3n) is 5.04. The predicted octanol–water partition coefficient (Wildman–Crippen LogP) is 4.95. The number of imide groups is 1. The monoisotopic (exact) mass is 436 g/mol. The van der Waals surface area contributed by atoms with Gasteiger partial charge in [-0.1, -0.05) is 71.4 Å². The topological polar surface area (TPSA) is 59.0 Å². The number of oxime groups is 1. The molecular weight excluding hydrogens is 419 g/mol. The molecule has 2 amide bonds. The molecule has 31 heavy (non-hydrogen) atoms. The van der Waals surface area contributed by atoms with Gasteiger partial charge in [-0.2, -0.15) is 0 Å². The Bertz CT molecular complexity index is 1130. The molecule has 1 aliphatic heterocycles. The number of hydrogen-bond donors (Lipinski definition) is 0. The molecule has 0 aromatic heterocycles. The molecule has 0 saturated heterocycles. The summed E-state index contributed by atoms with van der Waals surface area (Å²) in [6.45, 7) is -0.0277. The van der Waals surface area contributed by atoms with E-state index in [9.17, 15) is 14.0 Å². The summed E-state index contributed by atoms with van der Waals surface area (Å²) in [5.41, 5.74) is 2.01. The SMILES string of the molecule is O=C1c2ccccc2[C@@H](/C=N\OCc2c(F)cccc2Cl)C(=O)N1Cc1ccccc1. The fraction of sp³-hybridized carbons (Fsp3) is 0.125. The molecule has 0 spiro atoms. The molecule has 156 valence electrons. The number of benzene rings is 3. The molecule has 0 aliphatic carbocycles. The number of fused-ring (bicyclic) bond motifs is 1. The van der Waals surface area contributed by atoms with Crippen LogP contribution in [-0.4, -0.2) is 22.9 Å². The third kappa shape index (κ3) is 4.34. The third-order valence-corrected chi connectivity index (χ3v) is 5.40. The highest BCUT2D eigenvalue weighted by atomic mass is 35.5. The lowest BCUT2D eigenvalue weighted by Crippen LogP contribution is -2.44. The number of amides is 2. The fourth-order valence-corrected chi connectivity index (χ4v) is 3.66. The van der Waals surface area contributed by atoms with Gasteiger partial charge in [0.05, 0.1) is 17.8 Å². The van der Waals surface area contributed by atoms with Crippen LogP contribution in [0.1, 0.15) is 33.0 Å². The summed E-state index contributed by atoms with van der Waals surface area (Å²) in [4.78, 5) is 32.5. The number of carbonyl (C=O) groups is 2. The van der Waals surface area contributed by atoms with Gasteiger partial charge in [0.15, 0.2) is 0 Å². The van der Waals surface area contributed by atoms with Crippen molar-refractivity contribution >= 4 is 29.6 Å². The van der Waals surface area contributed by atoms with Crippen molar-refractivity contribution in [1.29, 1.82) is 0 Å². The average Bonchev–Trinajstić information content (AvgIpc) is 2.78. The van der Waals surface area contributed by atoms with E-state index < -0.39 is 17.6 Å². The van der Waals surface area contributed by atoms with Gasteiger partial charge in [-0.3, -0.25) is 14.5 Å². The first-order valence-corrected chi connectivity index (χ1v) is 10.0. The quantitative estimate of drug-likeness (QED) is 0.312. The van der Waals surface area contributed by atoms with Crippen molar-refractivity contribution in [3.05, 3.63) is 106 Å². The summed E-state index contributed by atoms with van der Waals surface area (Å²) >= 11 is 5.99. The first-order chi connectivity index (χ1) is 15.1. The first kappa shape index (κ1) is 20.8. The van der Waals surface area contributed by atoms with Gasteiger partial charge in [0.2, 0.25) is 5.91 Å². The summed E-state index contributed by atoms with van der Waals surface area (Å²) in [7, 11) is 0. The predicted molar refractivity (Wildman–Crippen MR) is 115 cm³/mol. The molecule has 4 rings (SSSR count). The highest BCUT2D eigenvalue weighted by molar-refractivity contribution is 6.31. The average molecular weight is 437 g/mol. The van der Waals surface area contributed by atoms with E-state index in [1.807, 2.05) is 30.3 Å². The minimum absolute atomic E-state index is 0.156. The van der Waals surface area contributed by atoms with Crippen LogP contribution in [0, 0.1) is 5.82 Å². The van der Waals surface area contributed by atoms with Gasteiger partial charge >= 0.3 is 0 Å². The number of hydrogen-bond acceptors (Lipinski definition) is 4. The molecule has 3 aromatic carbocycles. The summed E-state index contributed by atoms with van der Waals surface area (Å²) in [5, 5.41) is 4.11. The van der Waals surface area contributed by atoms with Gasteiger partial charge in [0, 0.05) is 11.1 Å². The molecule has 1 heterocycles. The van der Waals surface area contributed by atoms with Crippen molar-refractivity contribution < 1.29 is 18.8 Å². The number of carbonyl (C=O) groups excluding carboxylic acids is 2. The Hall–Kier alpha value is -3.51. The van der Waals surface area contributed by atoms with Gasteiger partial charge in [-0.05, 0) is 29.3 Å². The smallest absolute Gasteiger partial charge is 0.261 e. The Morgan fingerprint density at radius 2 is 1.74 bits per heavy atom. The molecule has 1 aliphatic rings. The Kier molecular flexibility index (Phi) is 6.09.